The van der Waals surface area contributed by atoms with Crippen molar-refractivity contribution in [3.63, 3.8) is 0 Å². The van der Waals surface area contributed by atoms with Gasteiger partial charge in [0.25, 0.3) is 6.43 Å². The standard InChI is InChI=1S/C18H26F2N2O2/c19-17(20)13-24-16-9-3-7-15(11-16)12-22-18(23)21-10-4-8-14-5-1-2-6-14/h3,7,9,11,14,17H,1-2,4-6,8,10,12-13H2,(H2,21,22,23). The van der Waals surface area contributed by atoms with Gasteiger partial charge in [-0.2, -0.15) is 0 Å². The highest BCUT2D eigenvalue weighted by Gasteiger charge is 2.14. The third-order valence-corrected chi connectivity index (χ3v) is 4.28. The highest BCUT2D eigenvalue weighted by atomic mass is 19.3. The summed E-state index contributed by atoms with van der Waals surface area (Å²) in [7, 11) is 0. The van der Waals surface area contributed by atoms with E-state index in [1.165, 1.54) is 32.1 Å². The molecule has 2 N–H and O–H groups in total. The van der Waals surface area contributed by atoms with Gasteiger partial charge in [0, 0.05) is 13.1 Å². The van der Waals surface area contributed by atoms with Crippen LogP contribution in [0, 0.1) is 5.92 Å². The van der Waals surface area contributed by atoms with E-state index in [2.05, 4.69) is 10.6 Å². The molecule has 4 nitrogen and oxygen atoms in total. The molecule has 1 aliphatic rings. The number of ether oxygens (including phenoxy) is 1. The molecule has 0 aromatic heterocycles. The molecule has 2 rings (SSSR count). The topological polar surface area (TPSA) is 50.4 Å². The third-order valence-electron chi connectivity index (χ3n) is 4.28. The SMILES string of the molecule is O=C(NCCCC1CCCC1)NCc1cccc(OCC(F)F)c1. The number of halogens is 2. The van der Waals surface area contributed by atoms with Crippen molar-refractivity contribution in [1.82, 2.24) is 10.6 Å². The van der Waals surface area contributed by atoms with Gasteiger partial charge in [0.15, 0.2) is 0 Å². The van der Waals surface area contributed by atoms with Crippen molar-refractivity contribution in [2.24, 2.45) is 5.92 Å². The minimum absolute atomic E-state index is 0.208. The second-order valence-corrected chi connectivity index (χ2v) is 6.25. The van der Waals surface area contributed by atoms with Crippen LogP contribution in [-0.4, -0.2) is 25.6 Å². The van der Waals surface area contributed by atoms with Crippen molar-refractivity contribution in [3.05, 3.63) is 29.8 Å². The summed E-state index contributed by atoms with van der Waals surface area (Å²) in [5, 5.41) is 5.62. The fourth-order valence-electron chi connectivity index (χ4n) is 3.04. The normalized spacial score (nSPS) is 14.8. The van der Waals surface area contributed by atoms with Gasteiger partial charge in [-0.05, 0) is 36.5 Å². The number of hydrogen-bond acceptors (Lipinski definition) is 2. The average Bonchev–Trinajstić information content (AvgIpc) is 3.09. The summed E-state index contributed by atoms with van der Waals surface area (Å²) in [5.74, 6) is 1.22. The van der Waals surface area contributed by atoms with E-state index >= 15 is 0 Å². The van der Waals surface area contributed by atoms with Crippen LogP contribution >= 0.6 is 0 Å². The number of rotatable bonds is 9. The molecule has 0 heterocycles. The van der Waals surface area contributed by atoms with Gasteiger partial charge in [0.1, 0.15) is 12.4 Å². The lowest BCUT2D eigenvalue weighted by molar-refractivity contribution is 0.0818. The minimum atomic E-state index is -2.50. The summed E-state index contributed by atoms with van der Waals surface area (Å²) in [5.41, 5.74) is 0.808. The molecule has 24 heavy (non-hydrogen) atoms. The maximum absolute atomic E-state index is 12.1. The lowest BCUT2D eigenvalue weighted by atomic mass is 10.0. The maximum atomic E-state index is 12.1. The van der Waals surface area contributed by atoms with Gasteiger partial charge < -0.3 is 15.4 Å². The Morgan fingerprint density at radius 1 is 1.25 bits per heavy atom. The van der Waals surface area contributed by atoms with Crippen LogP contribution in [0.1, 0.15) is 44.1 Å². The molecule has 0 atom stereocenters. The average molecular weight is 340 g/mol. The van der Waals surface area contributed by atoms with Crippen molar-refractivity contribution in [2.75, 3.05) is 13.2 Å². The largest absolute Gasteiger partial charge is 0.488 e. The van der Waals surface area contributed by atoms with Crippen LogP contribution in [0.5, 0.6) is 5.75 Å². The number of amides is 2. The summed E-state index contributed by atoms with van der Waals surface area (Å²) < 4.78 is 29.2. The van der Waals surface area contributed by atoms with Gasteiger partial charge in [-0.1, -0.05) is 37.8 Å². The first-order chi connectivity index (χ1) is 11.6. The first-order valence-electron chi connectivity index (χ1n) is 8.65. The molecule has 1 aromatic rings. The molecule has 1 saturated carbocycles. The molecular formula is C18H26F2N2O2. The van der Waals surface area contributed by atoms with Gasteiger partial charge >= 0.3 is 6.03 Å². The summed E-state index contributed by atoms with van der Waals surface area (Å²) in [6.45, 7) is 0.387. The predicted molar refractivity (Wildman–Crippen MR) is 89.4 cm³/mol. The Balaban J connectivity index is 1.61. The Kier molecular flexibility index (Phi) is 7.79. The number of hydrogen-bond donors (Lipinski definition) is 2. The lowest BCUT2D eigenvalue weighted by Crippen LogP contribution is -2.35. The molecule has 0 bridgehead atoms. The van der Waals surface area contributed by atoms with E-state index in [0.717, 1.165) is 17.9 Å². The van der Waals surface area contributed by atoms with E-state index in [9.17, 15) is 13.6 Å². The van der Waals surface area contributed by atoms with Crippen molar-refractivity contribution < 1.29 is 18.3 Å². The fraction of sp³-hybridized carbons (Fsp3) is 0.611. The molecule has 0 spiro atoms. The Morgan fingerprint density at radius 3 is 2.79 bits per heavy atom. The summed E-state index contributed by atoms with van der Waals surface area (Å²) in [6, 6.07) is 6.60. The van der Waals surface area contributed by atoms with Gasteiger partial charge in [0.2, 0.25) is 0 Å². The number of alkyl halides is 2. The highest BCUT2D eigenvalue weighted by molar-refractivity contribution is 5.73. The zero-order valence-corrected chi connectivity index (χ0v) is 13.9. The Labute approximate surface area is 142 Å². The number of nitrogens with one attached hydrogen (secondary N) is 2. The summed E-state index contributed by atoms with van der Waals surface area (Å²) >= 11 is 0. The predicted octanol–water partition coefficient (Wildman–Crippen LogP) is 4.10. The molecule has 0 unspecified atom stereocenters. The van der Waals surface area contributed by atoms with Crippen LogP contribution in [-0.2, 0) is 6.54 Å². The maximum Gasteiger partial charge on any atom is 0.315 e. The molecule has 1 aromatic carbocycles. The number of carbonyl (C=O) groups excluding carboxylic acids is 1. The van der Waals surface area contributed by atoms with Gasteiger partial charge in [-0.15, -0.1) is 0 Å². The zero-order valence-electron chi connectivity index (χ0n) is 13.9. The first-order valence-corrected chi connectivity index (χ1v) is 8.65. The van der Waals surface area contributed by atoms with E-state index in [-0.39, 0.29) is 6.03 Å². The van der Waals surface area contributed by atoms with E-state index in [4.69, 9.17) is 4.74 Å². The fourth-order valence-corrected chi connectivity index (χ4v) is 3.04. The molecule has 1 fully saturated rings. The number of benzene rings is 1. The lowest BCUT2D eigenvalue weighted by Gasteiger charge is -2.11. The van der Waals surface area contributed by atoms with Gasteiger partial charge in [-0.3, -0.25) is 0 Å². The molecular weight excluding hydrogens is 314 g/mol. The minimum Gasteiger partial charge on any atom is -0.488 e. The first kappa shape index (κ1) is 18.5. The molecule has 0 saturated heterocycles. The van der Waals surface area contributed by atoms with Crippen LogP contribution in [0.15, 0.2) is 24.3 Å². The van der Waals surface area contributed by atoms with Crippen molar-refractivity contribution in [1.29, 1.82) is 0 Å². The molecule has 0 aliphatic heterocycles. The van der Waals surface area contributed by atoms with Gasteiger partial charge in [-0.25, -0.2) is 13.6 Å². The molecule has 2 amide bonds. The second-order valence-electron chi connectivity index (χ2n) is 6.25. The molecule has 134 valence electrons. The van der Waals surface area contributed by atoms with E-state index in [1.54, 1.807) is 18.2 Å². The zero-order chi connectivity index (χ0) is 17.2. The van der Waals surface area contributed by atoms with Crippen molar-refractivity contribution in [3.8, 4) is 5.75 Å². The Bertz CT molecular complexity index is 506. The van der Waals surface area contributed by atoms with E-state index in [1.807, 2.05) is 6.07 Å². The number of carbonyl (C=O) groups is 1. The van der Waals surface area contributed by atoms with Crippen LogP contribution in [0.4, 0.5) is 13.6 Å². The van der Waals surface area contributed by atoms with Crippen molar-refractivity contribution >= 4 is 6.03 Å². The van der Waals surface area contributed by atoms with E-state index < -0.39 is 13.0 Å². The smallest absolute Gasteiger partial charge is 0.315 e. The Morgan fingerprint density at radius 2 is 2.04 bits per heavy atom. The van der Waals surface area contributed by atoms with Crippen LogP contribution in [0.3, 0.4) is 0 Å². The molecule has 6 heteroatoms. The summed E-state index contributed by atoms with van der Waals surface area (Å²) in [4.78, 5) is 11.8. The Hall–Kier alpha value is -1.85. The molecule has 1 aliphatic carbocycles. The third kappa shape index (κ3) is 7.15. The highest BCUT2D eigenvalue weighted by Crippen LogP contribution is 2.28. The van der Waals surface area contributed by atoms with Crippen LogP contribution < -0.4 is 15.4 Å². The monoisotopic (exact) mass is 340 g/mol. The van der Waals surface area contributed by atoms with E-state index in [0.29, 0.717) is 18.8 Å². The number of urea groups is 1. The van der Waals surface area contributed by atoms with Crippen LogP contribution in [0.25, 0.3) is 0 Å². The van der Waals surface area contributed by atoms with Gasteiger partial charge in [0.05, 0.1) is 0 Å². The van der Waals surface area contributed by atoms with Crippen LogP contribution in [0.2, 0.25) is 0 Å². The summed E-state index contributed by atoms with van der Waals surface area (Å²) in [6.07, 6.45) is 5.05. The van der Waals surface area contributed by atoms with Crippen molar-refractivity contribution in [2.45, 2.75) is 51.5 Å². The quantitative estimate of drug-likeness (QED) is 0.665. The molecule has 0 radical (unpaired) electrons. The second kappa shape index (κ2) is 10.1.